The maximum Gasteiger partial charge on any atom is 0.150 e. The Hall–Kier alpha value is 0.425. The summed E-state index contributed by atoms with van der Waals surface area (Å²) in [6.07, 6.45) is 0. The second-order valence-corrected chi connectivity index (χ2v) is 6.09. The minimum atomic E-state index is -2.70. The summed E-state index contributed by atoms with van der Waals surface area (Å²) in [6, 6.07) is 0. The van der Waals surface area contributed by atoms with Crippen LogP contribution < -0.4 is 0 Å². The monoisotopic (exact) mass is 137 g/mol. The molecule has 0 fully saturated rings. The Labute approximate surface area is 60.3 Å². The summed E-state index contributed by atoms with van der Waals surface area (Å²) < 4.78 is 11.2. The average Bonchev–Trinajstić information content (AvgIpc) is 1.64. The fourth-order valence-electron chi connectivity index (χ4n) is 0.224. The molecular formula is C4H9B3OP. The van der Waals surface area contributed by atoms with Crippen LogP contribution >= 0.6 is 6.90 Å². The molecule has 1 unspecified atom stereocenters. The van der Waals surface area contributed by atoms with Gasteiger partial charge in [-0.2, -0.15) is 0 Å². The predicted octanol–water partition coefficient (Wildman–Crippen LogP) is 0.934. The predicted molar refractivity (Wildman–Crippen MR) is 44.6 cm³/mol. The van der Waals surface area contributed by atoms with E-state index in [2.05, 4.69) is 0 Å². The van der Waals surface area contributed by atoms with Crippen LogP contribution in [-0.2, 0) is 4.57 Å². The Bertz CT molecular complexity index is 139. The Morgan fingerprint density at radius 3 is 1.78 bits per heavy atom. The summed E-state index contributed by atoms with van der Waals surface area (Å²) >= 11 is 0. The van der Waals surface area contributed by atoms with E-state index < -0.39 is 12.1 Å². The van der Waals surface area contributed by atoms with Crippen LogP contribution in [0.3, 0.4) is 0 Å². The van der Waals surface area contributed by atoms with Crippen LogP contribution in [0.5, 0.6) is 0 Å². The summed E-state index contributed by atoms with van der Waals surface area (Å²) in [6.45, 7) is 3.81. The molecule has 0 saturated heterocycles. The maximum atomic E-state index is 11.2. The molecule has 0 aliphatic heterocycles. The van der Waals surface area contributed by atoms with Crippen molar-refractivity contribution in [3.63, 3.8) is 0 Å². The van der Waals surface area contributed by atoms with E-state index in [4.69, 9.17) is 15.3 Å². The van der Waals surface area contributed by atoms with Crippen molar-refractivity contribution in [2.75, 3.05) is 0 Å². The highest BCUT2D eigenvalue weighted by Crippen LogP contribution is 2.50. The molecule has 0 N–H and O–H groups in total. The summed E-state index contributed by atoms with van der Waals surface area (Å²) in [5.41, 5.74) is 0. The van der Waals surface area contributed by atoms with E-state index in [-0.39, 0.29) is 0 Å². The molecule has 1 nitrogen and oxygen atoms in total. The fraction of sp³-hybridized carbons (Fsp3) is 1.00. The van der Waals surface area contributed by atoms with Gasteiger partial charge in [0.25, 0.3) is 0 Å². The van der Waals surface area contributed by atoms with Gasteiger partial charge < -0.3 is 4.57 Å². The lowest BCUT2D eigenvalue weighted by atomic mass is 9.79. The van der Waals surface area contributed by atoms with Gasteiger partial charge in [0.15, 0.2) is 0 Å². The van der Waals surface area contributed by atoms with Crippen molar-refractivity contribution in [1.82, 2.24) is 0 Å². The topological polar surface area (TPSA) is 17.1 Å². The molecule has 5 heteroatoms. The van der Waals surface area contributed by atoms with Crippen LogP contribution in [0.25, 0.3) is 0 Å². The van der Waals surface area contributed by atoms with Crippen molar-refractivity contribution in [3.8, 4) is 0 Å². The molecule has 0 aliphatic rings. The summed E-state index contributed by atoms with van der Waals surface area (Å²) in [5.74, 6) is 0. The molecule has 0 saturated carbocycles. The van der Waals surface area contributed by atoms with E-state index in [1.54, 1.807) is 20.8 Å². The van der Waals surface area contributed by atoms with E-state index >= 15 is 0 Å². The van der Waals surface area contributed by atoms with Gasteiger partial charge in [-0.05, 0) is 12.1 Å². The van der Waals surface area contributed by atoms with Gasteiger partial charge in [0.1, 0.15) is 14.5 Å². The van der Waals surface area contributed by atoms with Crippen LogP contribution in [-0.4, -0.2) is 27.3 Å². The van der Waals surface area contributed by atoms with E-state index in [0.717, 1.165) is 6.89 Å². The molecule has 5 radical (unpaired) electrons. The first-order valence-electron chi connectivity index (χ1n) is 2.76. The summed E-state index contributed by atoms with van der Waals surface area (Å²) in [7, 11) is 10.4. The SMILES string of the molecule is [B][B]P([B])(=O)C(C)(C)C. The molecule has 0 amide bonds. The van der Waals surface area contributed by atoms with Crippen molar-refractivity contribution in [3.05, 3.63) is 0 Å². The smallest absolute Gasteiger partial charge is 0.150 e. The largest absolute Gasteiger partial charge is 0.346 e. The Morgan fingerprint density at radius 2 is 1.78 bits per heavy atom. The lowest BCUT2D eigenvalue weighted by molar-refractivity contribution is 0.571. The van der Waals surface area contributed by atoms with Crippen molar-refractivity contribution in [2.24, 2.45) is 0 Å². The van der Waals surface area contributed by atoms with Gasteiger partial charge >= 0.3 is 0 Å². The van der Waals surface area contributed by atoms with E-state index in [9.17, 15) is 4.57 Å². The first-order chi connectivity index (χ1) is 3.81. The minimum Gasteiger partial charge on any atom is -0.346 e. The molecule has 0 aliphatic carbocycles. The molecule has 0 spiro atoms. The molecule has 1 atom stereocenters. The Morgan fingerprint density at radius 1 is 1.44 bits per heavy atom. The van der Waals surface area contributed by atoms with Crippen LogP contribution in [0, 0.1) is 0 Å². The van der Waals surface area contributed by atoms with Crippen molar-refractivity contribution < 1.29 is 4.57 Å². The van der Waals surface area contributed by atoms with Crippen LogP contribution in [0.2, 0.25) is 0 Å². The molecular weight excluding hydrogens is 127 g/mol. The number of rotatable bonds is 1. The lowest BCUT2D eigenvalue weighted by Crippen LogP contribution is -2.18. The molecule has 9 heavy (non-hydrogen) atoms. The van der Waals surface area contributed by atoms with Crippen molar-refractivity contribution in [1.29, 1.82) is 0 Å². The van der Waals surface area contributed by atoms with Gasteiger partial charge in [0.05, 0.1) is 0 Å². The van der Waals surface area contributed by atoms with E-state index in [1.807, 2.05) is 0 Å². The van der Waals surface area contributed by atoms with Gasteiger partial charge in [0.2, 0.25) is 0 Å². The molecule has 45 valence electrons. The van der Waals surface area contributed by atoms with Gasteiger partial charge in [-0.3, -0.25) is 0 Å². The second-order valence-electron chi connectivity index (χ2n) is 3.03. The third-order valence-corrected chi connectivity index (χ3v) is 3.81. The molecule has 0 aromatic carbocycles. The quantitative estimate of drug-likeness (QED) is 0.387. The summed E-state index contributed by atoms with van der Waals surface area (Å²) in [5, 5.41) is -0.401. The molecule has 0 aromatic heterocycles. The normalized spacial score (nSPS) is 18.6. The summed E-state index contributed by atoms with van der Waals surface area (Å²) in [4.78, 5) is 0. The van der Waals surface area contributed by atoms with Crippen LogP contribution in [0.15, 0.2) is 0 Å². The third kappa shape index (κ3) is 2.25. The van der Waals surface area contributed by atoms with E-state index in [0.29, 0.717) is 0 Å². The standard InChI is InChI=1S/C4H9B3OP/c1-4(2,3)9(6,8)7-5/h1-3H3. The highest BCUT2D eigenvalue weighted by atomic mass is 31.2. The molecule has 0 aromatic rings. The Kier molecular flexibility index (Phi) is 2.70. The van der Waals surface area contributed by atoms with Gasteiger partial charge in [-0.1, -0.05) is 20.8 Å². The minimum absolute atomic E-state index is 0.401. The fourth-order valence-corrected chi connectivity index (χ4v) is 0.671. The maximum absolute atomic E-state index is 11.2. The first kappa shape index (κ1) is 9.42. The lowest BCUT2D eigenvalue weighted by Gasteiger charge is -2.27. The third-order valence-electron chi connectivity index (χ3n) is 1.27. The van der Waals surface area contributed by atoms with Crippen LogP contribution in [0.1, 0.15) is 20.8 Å². The Balaban J connectivity index is 4.35. The zero-order valence-corrected chi connectivity index (χ0v) is 6.98. The van der Waals surface area contributed by atoms with Gasteiger partial charge in [-0.25, -0.2) is 0 Å². The second kappa shape index (κ2) is 2.58. The molecule has 0 heterocycles. The van der Waals surface area contributed by atoms with Gasteiger partial charge in [-0.15, -0.1) is 0 Å². The van der Waals surface area contributed by atoms with Crippen molar-refractivity contribution >= 4 is 29.1 Å². The zero-order valence-electron chi connectivity index (χ0n) is 6.09. The van der Waals surface area contributed by atoms with Crippen LogP contribution in [0.4, 0.5) is 0 Å². The molecule has 0 rings (SSSR count). The highest BCUT2D eigenvalue weighted by molar-refractivity contribution is 8.13. The highest BCUT2D eigenvalue weighted by Gasteiger charge is 2.27. The first-order valence-corrected chi connectivity index (χ1v) is 4.60. The van der Waals surface area contributed by atoms with Crippen molar-refractivity contribution in [2.45, 2.75) is 25.9 Å². The number of hydrogen-bond acceptors (Lipinski definition) is 1. The number of hydrogen-bond donors (Lipinski definition) is 0. The zero-order chi connectivity index (χ0) is 7.71. The van der Waals surface area contributed by atoms with Gasteiger partial charge in [0, 0.05) is 7.74 Å². The van der Waals surface area contributed by atoms with E-state index in [1.165, 1.54) is 0 Å². The molecule has 0 bridgehead atoms. The average molecular weight is 137 g/mol.